The lowest BCUT2D eigenvalue weighted by molar-refractivity contribution is -0.113. The predicted octanol–water partition coefficient (Wildman–Crippen LogP) is 2.57. The molecule has 0 aliphatic carbocycles. The minimum Gasteiger partial charge on any atom is -0.306 e. The van der Waals surface area contributed by atoms with E-state index < -0.39 is 0 Å². The van der Waals surface area contributed by atoms with Crippen molar-refractivity contribution in [2.24, 2.45) is 0 Å². The Morgan fingerprint density at radius 3 is 2.60 bits per heavy atom. The van der Waals surface area contributed by atoms with Crippen LogP contribution in [-0.4, -0.2) is 32.7 Å². The van der Waals surface area contributed by atoms with E-state index >= 15 is 0 Å². The standard InChI is InChI=1S/C19H17N5O/c1-14-20-21-22-24(14)18(13-15-7-3-2-4-8-15)19(25)23-12-11-16-9-5-6-10-17(16)23/h2-10,13H,11-12H2,1H3/b18-13-. The van der Waals surface area contributed by atoms with Crippen molar-refractivity contribution in [2.75, 3.05) is 11.4 Å². The number of anilines is 1. The molecule has 0 fully saturated rings. The van der Waals surface area contributed by atoms with Crippen molar-refractivity contribution in [3.05, 3.63) is 71.5 Å². The van der Waals surface area contributed by atoms with Gasteiger partial charge in [-0.3, -0.25) is 4.79 Å². The van der Waals surface area contributed by atoms with Gasteiger partial charge in [0.1, 0.15) is 5.70 Å². The number of carbonyl (C=O) groups is 1. The molecule has 1 amide bonds. The Kier molecular flexibility index (Phi) is 3.85. The predicted molar refractivity (Wildman–Crippen MR) is 95.7 cm³/mol. The monoisotopic (exact) mass is 331 g/mol. The highest BCUT2D eigenvalue weighted by Crippen LogP contribution is 2.29. The highest BCUT2D eigenvalue weighted by Gasteiger charge is 2.28. The lowest BCUT2D eigenvalue weighted by atomic mass is 10.1. The fraction of sp³-hybridized carbons (Fsp3) is 0.158. The van der Waals surface area contributed by atoms with Gasteiger partial charge in [-0.2, -0.15) is 4.68 Å². The number of hydrogen-bond acceptors (Lipinski definition) is 4. The zero-order valence-electron chi connectivity index (χ0n) is 13.8. The quantitative estimate of drug-likeness (QED) is 0.692. The maximum atomic E-state index is 13.3. The zero-order valence-corrected chi connectivity index (χ0v) is 13.8. The number of aromatic nitrogens is 4. The summed E-state index contributed by atoms with van der Waals surface area (Å²) in [5.74, 6) is 0.465. The molecule has 0 unspecified atom stereocenters. The van der Waals surface area contributed by atoms with E-state index in [2.05, 4.69) is 21.6 Å². The zero-order chi connectivity index (χ0) is 17.2. The van der Waals surface area contributed by atoms with Crippen LogP contribution in [0, 0.1) is 6.92 Å². The summed E-state index contributed by atoms with van der Waals surface area (Å²) in [6.45, 7) is 2.44. The molecular weight excluding hydrogens is 314 g/mol. The van der Waals surface area contributed by atoms with E-state index in [1.54, 1.807) is 11.8 Å². The van der Waals surface area contributed by atoms with Crippen molar-refractivity contribution in [3.63, 3.8) is 0 Å². The highest BCUT2D eigenvalue weighted by atomic mass is 16.2. The van der Waals surface area contributed by atoms with Crippen LogP contribution in [-0.2, 0) is 11.2 Å². The van der Waals surface area contributed by atoms with Crippen LogP contribution in [0.5, 0.6) is 0 Å². The Hall–Kier alpha value is -3.28. The molecule has 3 aromatic rings. The Morgan fingerprint density at radius 1 is 1.08 bits per heavy atom. The van der Waals surface area contributed by atoms with E-state index in [9.17, 15) is 4.79 Å². The summed E-state index contributed by atoms with van der Waals surface area (Å²) in [7, 11) is 0. The van der Waals surface area contributed by atoms with E-state index in [1.807, 2.05) is 54.6 Å². The molecule has 0 bridgehead atoms. The van der Waals surface area contributed by atoms with Crippen LogP contribution in [0.15, 0.2) is 54.6 Å². The SMILES string of the molecule is Cc1nnnn1/C(=C\c1ccccc1)C(=O)N1CCc2ccccc21. The van der Waals surface area contributed by atoms with Crippen LogP contribution >= 0.6 is 0 Å². The minimum atomic E-state index is -0.107. The van der Waals surface area contributed by atoms with Crippen LogP contribution in [0.1, 0.15) is 17.0 Å². The normalized spacial score (nSPS) is 13.8. The summed E-state index contributed by atoms with van der Waals surface area (Å²) in [5.41, 5.74) is 3.50. The van der Waals surface area contributed by atoms with Gasteiger partial charge < -0.3 is 4.90 Å². The van der Waals surface area contributed by atoms with Gasteiger partial charge in [0.25, 0.3) is 5.91 Å². The van der Waals surface area contributed by atoms with Crippen molar-refractivity contribution in [1.29, 1.82) is 0 Å². The number of rotatable bonds is 3. The average Bonchev–Trinajstić information content (AvgIpc) is 3.26. The molecule has 2 aromatic carbocycles. The topological polar surface area (TPSA) is 63.9 Å². The number of nitrogens with zero attached hydrogens (tertiary/aromatic N) is 5. The molecule has 6 nitrogen and oxygen atoms in total. The third kappa shape index (κ3) is 2.82. The lowest BCUT2D eigenvalue weighted by Crippen LogP contribution is -2.32. The van der Waals surface area contributed by atoms with E-state index in [0.717, 1.165) is 17.7 Å². The van der Waals surface area contributed by atoms with Crippen LogP contribution in [0.2, 0.25) is 0 Å². The second-order valence-electron chi connectivity index (χ2n) is 5.91. The van der Waals surface area contributed by atoms with Gasteiger partial charge in [-0.15, -0.1) is 5.10 Å². The van der Waals surface area contributed by atoms with Gasteiger partial charge in [-0.25, -0.2) is 0 Å². The highest BCUT2D eigenvalue weighted by molar-refractivity contribution is 6.25. The van der Waals surface area contributed by atoms with Crippen molar-refractivity contribution in [1.82, 2.24) is 20.2 Å². The molecule has 0 radical (unpaired) electrons. The molecule has 4 rings (SSSR count). The van der Waals surface area contributed by atoms with Gasteiger partial charge in [-0.1, -0.05) is 48.5 Å². The van der Waals surface area contributed by atoms with E-state index in [0.29, 0.717) is 18.1 Å². The first-order chi connectivity index (χ1) is 12.2. The van der Waals surface area contributed by atoms with E-state index in [1.165, 1.54) is 10.2 Å². The molecule has 0 N–H and O–H groups in total. The number of tetrazole rings is 1. The first kappa shape index (κ1) is 15.3. The molecule has 124 valence electrons. The fourth-order valence-electron chi connectivity index (χ4n) is 3.06. The minimum absolute atomic E-state index is 0.107. The number of fused-ring (bicyclic) bond motifs is 1. The molecule has 1 aliphatic rings. The van der Waals surface area contributed by atoms with Gasteiger partial charge in [0, 0.05) is 12.2 Å². The molecular formula is C19H17N5O. The molecule has 0 atom stereocenters. The average molecular weight is 331 g/mol. The van der Waals surface area contributed by atoms with Gasteiger partial charge in [0.2, 0.25) is 0 Å². The van der Waals surface area contributed by atoms with E-state index in [-0.39, 0.29) is 5.91 Å². The Balaban J connectivity index is 1.78. The summed E-state index contributed by atoms with van der Waals surface area (Å²) in [4.78, 5) is 15.1. The maximum absolute atomic E-state index is 13.3. The number of para-hydroxylation sites is 1. The summed E-state index contributed by atoms with van der Waals surface area (Å²) in [6, 6.07) is 17.7. The summed E-state index contributed by atoms with van der Waals surface area (Å²) in [6.07, 6.45) is 2.68. The summed E-state index contributed by atoms with van der Waals surface area (Å²) >= 11 is 0. The van der Waals surface area contributed by atoms with Crippen molar-refractivity contribution in [2.45, 2.75) is 13.3 Å². The third-order valence-electron chi connectivity index (χ3n) is 4.31. The number of aryl methyl sites for hydroxylation is 1. The smallest absolute Gasteiger partial charge is 0.277 e. The second kappa shape index (κ2) is 6.32. The molecule has 1 aromatic heterocycles. The fourth-order valence-corrected chi connectivity index (χ4v) is 3.06. The van der Waals surface area contributed by atoms with Crippen LogP contribution < -0.4 is 4.90 Å². The molecule has 1 aliphatic heterocycles. The molecule has 25 heavy (non-hydrogen) atoms. The van der Waals surface area contributed by atoms with Crippen LogP contribution in [0.4, 0.5) is 5.69 Å². The molecule has 0 saturated heterocycles. The number of hydrogen-bond donors (Lipinski definition) is 0. The van der Waals surface area contributed by atoms with Crippen molar-refractivity contribution < 1.29 is 4.79 Å². The Labute approximate surface area is 145 Å². The molecule has 2 heterocycles. The van der Waals surface area contributed by atoms with Gasteiger partial charge in [0.05, 0.1) is 0 Å². The first-order valence-electron chi connectivity index (χ1n) is 8.16. The largest absolute Gasteiger partial charge is 0.306 e. The lowest BCUT2D eigenvalue weighted by Gasteiger charge is -2.19. The second-order valence-corrected chi connectivity index (χ2v) is 5.91. The molecule has 6 heteroatoms. The number of carbonyl (C=O) groups excluding carboxylic acids is 1. The summed E-state index contributed by atoms with van der Waals surface area (Å²) < 4.78 is 1.50. The van der Waals surface area contributed by atoms with Crippen LogP contribution in [0.3, 0.4) is 0 Å². The Bertz CT molecular complexity index is 945. The third-order valence-corrected chi connectivity index (χ3v) is 4.31. The summed E-state index contributed by atoms with van der Waals surface area (Å²) in [5, 5.41) is 11.6. The number of benzene rings is 2. The van der Waals surface area contributed by atoms with Crippen molar-refractivity contribution >= 4 is 23.4 Å². The maximum Gasteiger partial charge on any atom is 0.277 e. The van der Waals surface area contributed by atoms with Crippen molar-refractivity contribution in [3.8, 4) is 0 Å². The van der Waals surface area contributed by atoms with Gasteiger partial charge in [-0.05, 0) is 47.0 Å². The molecule has 0 saturated carbocycles. The van der Waals surface area contributed by atoms with E-state index in [4.69, 9.17) is 0 Å². The van der Waals surface area contributed by atoms with Gasteiger partial charge >= 0.3 is 0 Å². The van der Waals surface area contributed by atoms with Crippen LogP contribution in [0.25, 0.3) is 11.8 Å². The number of amides is 1. The first-order valence-corrected chi connectivity index (χ1v) is 8.16. The Morgan fingerprint density at radius 2 is 1.84 bits per heavy atom. The molecule has 0 spiro atoms. The van der Waals surface area contributed by atoms with Gasteiger partial charge in [0.15, 0.2) is 5.82 Å².